The molecule has 4 nitrogen and oxygen atoms in total. The highest BCUT2D eigenvalue weighted by atomic mass is 35.5. The number of halogens is 2. The average Bonchev–Trinajstić information content (AvgIpc) is 2.81. The summed E-state index contributed by atoms with van der Waals surface area (Å²) in [6.07, 6.45) is 0.422. The highest BCUT2D eigenvalue weighted by molar-refractivity contribution is 7.99. The van der Waals surface area contributed by atoms with E-state index in [9.17, 15) is 9.59 Å². The second kappa shape index (κ2) is 12.7. The number of likely N-dealkylation sites (N-methyl/N-ethyl adjacent to an activating group) is 1. The normalized spacial score (nSPS) is 11.6. The van der Waals surface area contributed by atoms with E-state index in [-0.39, 0.29) is 17.6 Å². The van der Waals surface area contributed by atoms with Gasteiger partial charge in [-0.05, 0) is 41.0 Å². The molecule has 0 saturated carbocycles. The molecular weight excluding hydrogens is 475 g/mol. The van der Waals surface area contributed by atoms with Gasteiger partial charge in [0.2, 0.25) is 11.8 Å². The lowest BCUT2D eigenvalue weighted by molar-refractivity contribution is -0.139. The van der Waals surface area contributed by atoms with Gasteiger partial charge in [0.25, 0.3) is 0 Å². The van der Waals surface area contributed by atoms with E-state index in [4.69, 9.17) is 23.2 Å². The SMILES string of the molecule is CNC(=O)C(Cc1ccccc1)N(Cc1cccc(Cl)c1)C(=O)CSCc1cccc(Cl)c1. The number of rotatable bonds is 10. The first-order chi connectivity index (χ1) is 16.0. The molecule has 0 bridgehead atoms. The molecule has 0 radical (unpaired) electrons. The van der Waals surface area contributed by atoms with Crippen LogP contribution in [-0.4, -0.2) is 35.6 Å². The smallest absolute Gasteiger partial charge is 0.242 e. The molecule has 1 atom stereocenters. The van der Waals surface area contributed by atoms with Crippen LogP contribution in [0.2, 0.25) is 10.0 Å². The number of hydrogen-bond donors (Lipinski definition) is 1. The van der Waals surface area contributed by atoms with E-state index in [2.05, 4.69) is 5.32 Å². The van der Waals surface area contributed by atoms with Gasteiger partial charge in [0.15, 0.2) is 0 Å². The van der Waals surface area contributed by atoms with Gasteiger partial charge in [-0.1, -0.05) is 77.8 Å². The van der Waals surface area contributed by atoms with Gasteiger partial charge < -0.3 is 10.2 Å². The summed E-state index contributed by atoms with van der Waals surface area (Å²) in [6.45, 7) is 0.294. The third-order valence-corrected chi connectivity index (χ3v) is 6.60. The minimum atomic E-state index is -0.643. The Bertz CT molecular complexity index is 1080. The summed E-state index contributed by atoms with van der Waals surface area (Å²) in [6, 6.07) is 24.0. The Hall–Kier alpha value is -2.47. The third kappa shape index (κ3) is 7.81. The van der Waals surface area contributed by atoms with Crippen molar-refractivity contribution in [3.8, 4) is 0 Å². The number of amides is 2. The molecule has 3 aromatic rings. The Morgan fingerprint density at radius 1 is 0.879 bits per heavy atom. The van der Waals surface area contributed by atoms with Crippen molar-refractivity contribution < 1.29 is 9.59 Å². The van der Waals surface area contributed by atoms with Crippen molar-refractivity contribution in [3.63, 3.8) is 0 Å². The number of nitrogens with zero attached hydrogens (tertiary/aromatic N) is 1. The lowest BCUT2D eigenvalue weighted by atomic mass is 10.0. The number of carbonyl (C=O) groups excluding carboxylic acids is 2. The molecule has 0 fully saturated rings. The molecule has 2 amide bonds. The number of nitrogens with one attached hydrogen (secondary N) is 1. The first kappa shape index (κ1) is 25.2. The molecule has 3 rings (SSSR count). The molecule has 0 aliphatic carbocycles. The van der Waals surface area contributed by atoms with Gasteiger partial charge in [-0.2, -0.15) is 0 Å². The Morgan fingerprint density at radius 3 is 2.12 bits per heavy atom. The lowest BCUT2D eigenvalue weighted by Crippen LogP contribution is -2.50. The van der Waals surface area contributed by atoms with Gasteiger partial charge >= 0.3 is 0 Å². The molecular formula is C26H26Cl2N2O2S. The topological polar surface area (TPSA) is 49.4 Å². The number of hydrogen-bond acceptors (Lipinski definition) is 3. The summed E-state index contributed by atoms with van der Waals surface area (Å²) in [5.41, 5.74) is 2.91. The fourth-order valence-electron chi connectivity index (χ4n) is 3.52. The monoisotopic (exact) mass is 500 g/mol. The Kier molecular flexibility index (Phi) is 9.67. The van der Waals surface area contributed by atoms with Crippen LogP contribution >= 0.6 is 35.0 Å². The third-order valence-electron chi connectivity index (χ3n) is 5.14. The summed E-state index contributed by atoms with van der Waals surface area (Å²) in [4.78, 5) is 28.0. The zero-order valence-corrected chi connectivity index (χ0v) is 20.7. The van der Waals surface area contributed by atoms with Crippen LogP contribution in [0.4, 0.5) is 0 Å². The van der Waals surface area contributed by atoms with Crippen LogP contribution < -0.4 is 5.32 Å². The van der Waals surface area contributed by atoms with E-state index in [1.165, 1.54) is 11.8 Å². The number of benzene rings is 3. The predicted molar refractivity (Wildman–Crippen MR) is 138 cm³/mol. The van der Waals surface area contributed by atoms with Gasteiger partial charge in [-0.25, -0.2) is 0 Å². The van der Waals surface area contributed by atoms with Crippen molar-refractivity contribution in [2.45, 2.75) is 24.8 Å². The fraction of sp³-hybridized carbons (Fsp3) is 0.231. The molecule has 0 saturated heterocycles. The van der Waals surface area contributed by atoms with Gasteiger partial charge in [0, 0.05) is 35.8 Å². The number of thioether (sulfide) groups is 1. The maximum atomic E-state index is 13.4. The first-order valence-corrected chi connectivity index (χ1v) is 12.5. The molecule has 33 heavy (non-hydrogen) atoms. The highest BCUT2D eigenvalue weighted by Crippen LogP contribution is 2.21. The largest absolute Gasteiger partial charge is 0.357 e. The zero-order chi connectivity index (χ0) is 23.6. The molecule has 0 aromatic heterocycles. The fourth-order valence-corrected chi connectivity index (χ4v) is 4.80. The molecule has 7 heteroatoms. The van der Waals surface area contributed by atoms with Gasteiger partial charge in [-0.15, -0.1) is 11.8 Å². The van der Waals surface area contributed by atoms with E-state index in [0.717, 1.165) is 16.7 Å². The second-order valence-corrected chi connectivity index (χ2v) is 9.45. The first-order valence-electron chi connectivity index (χ1n) is 10.6. The number of carbonyl (C=O) groups is 2. The summed E-state index contributed by atoms with van der Waals surface area (Å²) in [5.74, 6) is 0.594. The average molecular weight is 501 g/mol. The van der Waals surface area contributed by atoms with Gasteiger partial charge in [-0.3, -0.25) is 9.59 Å². The molecule has 0 spiro atoms. The van der Waals surface area contributed by atoms with Crippen LogP contribution in [0.15, 0.2) is 78.9 Å². The quantitative estimate of drug-likeness (QED) is 0.393. The van der Waals surface area contributed by atoms with Crippen LogP contribution in [-0.2, 0) is 28.3 Å². The van der Waals surface area contributed by atoms with Gasteiger partial charge in [0.05, 0.1) is 5.75 Å². The Labute approximate surface area is 209 Å². The maximum Gasteiger partial charge on any atom is 0.242 e. The summed E-state index contributed by atoms with van der Waals surface area (Å²) in [7, 11) is 1.59. The van der Waals surface area contributed by atoms with E-state index in [0.29, 0.717) is 28.8 Å². The standard InChI is InChI=1S/C26H26Cl2N2O2S/c1-29-26(32)24(15-19-7-3-2-4-8-19)30(16-20-9-5-11-22(27)13-20)25(31)18-33-17-21-10-6-12-23(28)14-21/h2-14,24H,15-18H2,1H3,(H,29,32). The summed E-state index contributed by atoms with van der Waals surface area (Å²) < 4.78 is 0. The van der Waals surface area contributed by atoms with Crippen molar-refractivity contribution in [2.75, 3.05) is 12.8 Å². The van der Waals surface area contributed by atoms with Crippen LogP contribution in [0.25, 0.3) is 0 Å². The molecule has 1 unspecified atom stereocenters. The van der Waals surface area contributed by atoms with Crippen molar-refractivity contribution in [1.29, 1.82) is 0 Å². The van der Waals surface area contributed by atoms with E-state index in [1.807, 2.05) is 72.8 Å². The van der Waals surface area contributed by atoms with Crippen LogP contribution in [0, 0.1) is 0 Å². The van der Waals surface area contributed by atoms with Crippen molar-refractivity contribution in [2.24, 2.45) is 0 Å². The van der Waals surface area contributed by atoms with Crippen molar-refractivity contribution >= 4 is 46.8 Å². The van der Waals surface area contributed by atoms with Crippen molar-refractivity contribution in [3.05, 3.63) is 106 Å². The maximum absolute atomic E-state index is 13.4. The van der Waals surface area contributed by atoms with E-state index in [1.54, 1.807) is 18.0 Å². The summed E-state index contributed by atoms with van der Waals surface area (Å²) >= 11 is 13.7. The summed E-state index contributed by atoms with van der Waals surface area (Å²) in [5, 5.41) is 3.99. The molecule has 0 heterocycles. The van der Waals surface area contributed by atoms with Crippen LogP contribution in [0.5, 0.6) is 0 Å². The predicted octanol–water partition coefficient (Wildman–Crippen LogP) is 5.61. The highest BCUT2D eigenvalue weighted by Gasteiger charge is 2.29. The Morgan fingerprint density at radius 2 is 1.48 bits per heavy atom. The second-order valence-electron chi connectivity index (χ2n) is 7.59. The molecule has 0 aliphatic rings. The van der Waals surface area contributed by atoms with Crippen LogP contribution in [0.1, 0.15) is 16.7 Å². The van der Waals surface area contributed by atoms with Gasteiger partial charge in [0.1, 0.15) is 6.04 Å². The van der Waals surface area contributed by atoms with E-state index >= 15 is 0 Å². The zero-order valence-electron chi connectivity index (χ0n) is 18.3. The molecule has 0 aliphatic heterocycles. The van der Waals surface area contributed by atoms with E-state index < -0.39 is 6.04 Å². The molecule has 1 N–H and O–H groups in total. The minimum Gasteiger partial charge on any atom is -0.357 e. The minimum absolute atomic E-state index is 0.105. The Balaban J connectivity index is 1.81. The lowest BCUT2D eigenvalue weighted by Gasteiger charge is -2.31. The van der Waals surface area contributed by atoms with Crippen LogP contribution in [0.3, 0.4) is 0 Å². The molecule has 3 aromatic carbocycles. The van der Waals surface area contributed by atoms with Crippen molar-refractivity contribution in [1.82, 2.24) is 10.2 Å². The molecule has 172 valence electrons.